The number of sulfonamides is 1. The second-order valence-corrected chi connectivity index (χ2v) is 9.51. The highest BCUT2D eigenvalue weighted by molar-refractivity contribution is 7.89. The molecule has 31 heavy (non-hydrogen) atoms. The molecule has 2 aromatic rings. The summed E-state index contributed by atoms with van der Waals surface area (Å²) in [6.07, 6.45) is -0.650. The zero-order chi connectivity index (χ0) is 22.3. The van der Waals surface area contributed by atoms with Crippen molar-refractivity contribution in [2.24, 2.45) is 0 Å². The number of anilines is 1. The highest BCUT2D eigenvalue weighted by Gasteiger charge is 2.32. The van der Waals surface area contributed by atoms with Gasteiger partial charge in [-0.15, -0.1) is 0 Å². The molecule has 0 aliphatic carbocycles. The minimum absolute atomic E-state index is 0.0325. The Balaban J connectivity index is 1.47. The van der Waals surface area contributed by atoms with E-state index in [1.807, 2.05) is 0 Å². The van der Waals surface area contributed by atoms with Crippen molar-refractivity contribution in [2.45, 2.75) is 24.8 Å². The summed E-state index contributed by atoms with van der Waals surface area (Å²) in [5, 5.41) is 2.64. The molecule has 0 aromatic heterocycles. The average Bonchev–Trinajstić information content (AvgIpc) is 2.75. The minimum Gasteiger partial charge on any atom is -0.479 e. The Morgan fingerprint density at radius 3 is 2.52 bits per heavy atom. The summed E-state index contributed by atoms with van der Waals surface area (Å²) in [4.78, 5) is 26.0. The van der Waals surface area contributed by atoms with Crippen LogP contribution in [-0.2, 0) is 14.8 Å². The van der Waals surface area contributed by atoms with E-state index in [0.29, 0.717) is 17.0 Å². The largest absolute Gasteiger partial charge is 0.479 e. The van der Waals surface area contributed by atoms with E-state index in [9.17, 15) is 22.4 Å². The monoisotopic (exact) mass is 447 g/mol. The number of hydrogen-bond donors (Lipinski definition) is 1. The van der Waals surface area contributed by atoms with Crippen LogP contribution in [0.1, 0.15) is 22.8 Å². The highest BCUT2D eigenvalue weighted by Crippen LogP contribution is 2.33. The summed E-state index contributed by atoms with van der Waals surface area (Å²) < 4.78 is 46.7. The second-order valence-electron chi connectivity index (χ2n) is 7.57. The molecule has 164 valence electrons. The van der Waals surface area contributed by atoms with Crippen LogP contribution < -0.4 is 10.1 Å². The van der Waals surface area contributed by atoms with E-state index >= 15 is 0 Å². The van der Waals surface area contributed by atoms with Crippen LogP contribution in [0.15, 0.2) is 41.3 Å². The van der Waals surface area contributed by atoms with Gasteiger partial charge in [0.1, 0.15) is 11.6 Å². The highest BCUT2D eigenvalue weighted by atomic mass is 32.2. The zero-order valence-corrected chi connectivity index (χ0v) is 17.9. The summed E-state index contributed by atoms with van der Waals surface area (Å²) in [5.74, 6) is -0.725. The minimum atomic E-state index is -3.82. The number of aryl methyl sites for hydroxylation is 1. The molecule has 2 aromatic carbocycles. The predicted octanol–water partition coefficient (Wildman–Crippen LogP) is 2.00. The molecule has 0 radical (unpaired) electrons. The maximum atomic E-state index is 13.8. The fourth-order valence-corrected chi connectivity index (χ4v) is 4.99. The third-order valence-electron chi connectivity index (χ3n) is 5.46. The van der Waals surface area contributed by atoms with Gasteiger partial charge in [0, 0.05) is 31.7 Å². The van der Waals surface area contributed by atoms with Gasteiger partial charge in [0.15, 0.2) is 6.10 Å². The van der Waals surface area contributed by atoms with Gasteiger partial charge in [-0.2, -0.15) is 4.31 Å². The van der Waals surface area contributed by atoms with Crippen LogP contribution in [0.25, 0.3) is 0 Å². The van der Waals surface area contributed by atoms with Gasteiger partial charge in [-0.1, -0.05) is 6.07 Å². The molecule has 2 aliphatic rings. The SMILES string of the molecule is Cc1ccc(C(=O)N2CCN(S(=O)(=O)c3ccc4c(c3)NC(=O)[C@@H](C)O4)CC2)cc1F. The molecular weight excluding hydrogens is 425 g/mol. The third-order valence-corrected chi connectivity index (χ3v) is 7.36. The molecule has 2 aliphatic heterocycles. The lowest BCUT2D eigenvalue weighted by atomic mass is 10.1. The first-order valence-electron chi connectivity index (χ1n) is 9.84. The summed E-state index contributed by atoms with van der Waals surface area (Å²) in [6.45, 7) is 3.82. The van der Waals surface area contributed by atoms with E-state index in [4.69, 9.17) is 4.74 Å². The van der Waals surface area contributed by atoms with Gasteiger partial charge in [-0.25, -0.2) is 12.8 Å². The number of carbonyl (C=O) groups excluding carboxylic acids is 2. The molecule has 2 heterocycles. The Kier molecular flexibility index (Phi) is 5.44. The van der Waals surface area contributed by atoms with Gasteiger partial charge in [0.2, 0.25) is 10.0 Å². The number of ether oxygens (including phenoxy) is 1. The lowest BCUT2D eigenvalue weighted by molar-refractivity contribution is -0.122. The molecular formula is C21H22FN3O5S. The number of nitrogens with one attached hydrogen (secondary N) is 1. The van der Waals surface area contributed by atoms with Crippen molar-refractivity contribution < 1.29 is 27.1 Å². The average molecular weight is 447 g/mol. The first kappa shape index (κ1) is 21.3. The molecule has 10 heteroatoms. The van der Waals surface area contributed by atoms with Gasteiger partial charge in [-0.05, 0) is 49.7 Å². The molecule has 2 amide bonds. The summed E-state index contributed by atoms with van der Waals surface area (Å²) in [7, 11) is -3.82. The fourth-order valence-electron chi connectivity index (χ4n) is 3.54. The Morgan fingerprint density at radius 1 is 1.13 bits per heavy atom. The van der Waals surface area contributed by atoms with Crippen molar-refractivity contribution in [3.8, 4) is 5.75 Å². The van der Waals surface area contributed by atoms with Crippen molar-refractivity contribution in [1.82, 2.24) is 9.21 Å². The molecule has 8 nitrogen and oxygen atoms in total. The van der Waals surface area contributed by atoms with E-state index in [0.717, 1.165) is 0 Å². The van der Waals surface area contributed by atoms with Gasteiger partial charge < -0.3 is 15.0 Å². The molecule has 4 rings (SSSR count). The number of nitrogens with zero attached hydrogens (tertiary/aromatic N) is 2. The quantitative estimate of drug-likeness (QED) is 0.777. The van der Waals surface area contributed by atoms with E-state index in [2.05, 4.69) is 5.32 Å². The van der Waals surface area contributed by atoms with Crippen molar-refractivity contribution in [1.29, 1.82) is 0 Å². The zero-order valence-electron chi connectivity index (χ0n) is 17.1. The van der Waals surface area contributed by atoms with Gasteiger partial charge in [-0.3, -0.25) is 9.59 Å². The molecule has 1 saturated heterocycles. The van der Waals surface area contributed by atoms with Crippen molar-refractivity contribution in [3.63, 3.8) is 0 Å². The number of fused-ring (bicyclic) bond motifs is 1. The van der Waals surface area contributed by atoms with Crippen LogP contribution in [0, 0.1) is 12.7 Å². The lowest BCUT2D eigenvalue weighted by Crippen LogP contribution is -2.50. The molecule has 1 fully saturated rings. The smallest absolute Gasteiger partial charge is 0.265 e. The van der Waals surface area contributed by atoms with Crippen LogP contribution in [0.2, 0.25) is 0 Å². The Morgan fingerprint density at radius 2 is 1.84 bits per heavy atom. The number of piperazine rings is 1. The van der Waals surface area contributed by atoms with Crippen LogP contribution in [0.4, 0.5) is 10.1 Å². The standard InChI is InChI=1S/C21H22FN3O5S/c1-13-3-4-15(11-17(13)22)21(27)24-7-9-25(10-8-24)31(28,29)16-5-6-19-18(12-16)23-20(26)14(2)30-19/h3-6,11-12,14H,7-10H2,1-2H3,(H,23,26)/t14-/m1/s1. The van der Waals surface area contributed by atoms with Gasteiger partial charge in [0.25, 0.3) is 11.8 Å². The van der Waals surface area contributed by atoms with Crippen LogP contribution in [-0.4, -0.2) is 61.7 Å². The number of halogens is 1. The van der Waals surface area contributed by atoms with E-state index < -0.39 is 21.9 Å². The number of amides is 2. The van der Waals surface area contributed by atoms with E-state index in [1.54, 1.807) is 26.0 Å². The molecule has 0 unspecified atom stereocenters. The third kappa shape index (κ3) is 4.00. The Labute approximate surface area is 179 Å². The number of carbonyl (C=O) groups is 2. The number of hydrogen-bond acceptors (Lipinski definition) is 5. The first-order valence-corrected chi connectivity index (χ1v) is 11.3. The van der Waals surface area contributed by atoms with Crippen molar-refractivity contribution in [2.75, 3.05) is 31.5 Å². The van der Waals surface area contributed by atoms with Crippen molar-refractivity contribution >= 4 is 27.5 Å². The van der Waals surface area contributed by atoms with Crippen molar-refractivity contribution in [3.05, 3.63) is 53.3 Å². The second kappa shape index (κ2) is 7.93. The summed E-state index contributed by atoms with van der Waals surface area (Å²) >= 11 is 0. The van der Waals surface area contributed by atoms with Crippen LogP contribution in [0.3, 0.4) is 0 Å². The topological polar surface area (TPSA) is 96.0 Å². The van der Waals surface area contributed by atoms with Gasteiger partial charge >= 0.3 is 0 Å². The Hall–Kier alpha value is -2.98. The fraction of sp³-hybridized carbons (Fsp3) is 0.333. The lowest BCUT2D eigenvalue weighted by Gasteiger charge is -2.34. The van der Waals surface area contributed by atoms with Gasteiger partial charge in [0.05, 0.1) is 10.6 Å². The molecule has 0 saturated carbocycles. The molecule has 0 spiro atoms. The number of rotatable bonds is 3. The van der Waals surface area contributed by atoms with Crippen LogP contribution in [0.5, 0.6) is 5.75 Å². The number of benzene rings is 2. The van der Waals surface area contributed by atoms with Crippen LogP contribution >= 0.6 is 0 Å². The summed E-state index contributed by atoms with van der Waals surface area (Å²) in [6, 6.07) is 8.64. The molecule has 1 atom stereocenters. The molecule has 0 bridgehead atoms. The maximum absolute atomic E-state index is 13.8. The first-order chi connectivity index (χ1) is 14.7. The molecule has 1 N–H and O–H groups in total. The maximum Gasteiger partial charge on any atom is 0.265 e. The normalized spacial score (nSPS) is 19.4. The Bertz CT molecular complexity index is 1160. The van der Waals surface area contributed by atoms with E-state index in [1.165, 1.54) is 33.5 Å². The van der Waals surface area contributed by atoms with E-state index in [-0.39, 0.29) is 48.5 Å². The summed E-state index contributed by atoms with van der Waals surface area (Å²) in [5.41, 5.74) is 0.993. The predicted molar refractivity (Wildman–Crippen MR) is 111 cm³/mol.